The molecule has 0 fully saturated rings. The van der Waals surface area contributed by atoms with E-state index in [1.54, 1.807) is 0 Å². The van der Waals surface area contributed by atoms with E-state index in [0.29, 0.717) is 12.6 Å². The normalized spacial score (nSPS) is 12.4. The van der Waals surface area contributed by atoms with E-state index in [-0.39, 0.29) is 0 Å². The van der Waals surface area contributed by atoms with Gasteiger partial charge in [0.25, 0.3) is 5.95 Å². The zero-order valence-electron chi connectivity index (χ0n) is 11.2. The lowest BCUT2D eigenvalue weighted by molar-refractivity contribution is 0.111. The Kier molecular flexibility index (Phi) is 5.29. The molecule has 0 radical (unpaired) electrons. The van der Waals surface area contributed by atoms with Crippen LogP contribution in [-0.2, 0) is 15.6 Å². The molecule has 0 spiro atoms. The van der Waals surface area contributed by atoms with Gasteiger partial charge in [-0.1, -0.05) is 30.3 Å². The molecule has 0 heterocycles. The molecule has 0 aliphatic carbocycles. The number of hydrogen-bond donors (Lipinski definition) is 0. The van der Waals surface area contributed by atoms with E-state index in [2.05, 4.69) is 31.8 Å². The third-order valence-corrected chi connectivity index (χ3v) is 2.85. The molecule has 0 aromatic heterocycles. The molecule has 0 bridgehead atoms. The van der Waals surface area contributed by atoms with E-state index in [0.717, 1.165) is 6.42 Å². The second kappa shape index (κ2) is 6.50. The van der Waals surface area contributed by atoms with Crippen LogP contribution < -0.4 is 0 Å². The largest absolute Gasteiger partial charge is 0.520 e. The molecule has 0 atom stereocenters. The van der Waals surface area contributed by atoms with Crippen molar-refractivity contribution in [2.45, 2.75) is 33.0 Å². The molecule has 0 amide bonds. The van der Waals surface area contributed by atoms with E-state index in [1.807, 2.05) is 31.2 Å². The summed E-state index contributed by atoms with van der Waals surface area (Å²) in [5, 5.41) is 0. The van der Waals surface area contributed by atoms with Crippen molar-refractivity contribution < 1.29 is 9.16 Å². The van der Waals surface area contributed by atoms with Crippen molar-refractivity contribution in [3.63, 3.8) is 0 Å². The third-order valence-electron chi connectivity index (χ3n) is 2.04. The second-order valence-electron chi connectivity index (χ2n) is 4.86. The molecule has 3 heteroatoms. The second-order valence-corrected chi connectivity index (χ2v) is 9.29. The lowest BCUT2D eigenvalue weighted by atomic mass is 10.1. The molecule has 0 saturated carbocycles. The molecule has 1 aromatic rings. The summed E-state index contributed by atoms with van der Waals surface area (Å²) < 4.78 is 11.4. The fraction of sp³-hybridized carbons (Fsp3) is 0.429. The first-order valence-corrected chi connectivity index (χ1v) is 9.48. The number of allylic oxidation sites excluding steroid dienone is 1. The molecule has 94 valence electrons. The van der Waals surface area contributed by atoms with Crippen molar-refractivity contribution in [2.75, 3.05) is 6.61 Å². The van der Waals surface area contributed by atoms with Gasteiger partial charge < -0.3 is 9.16 Å². The Balaban J connectivity index is 2.64. The summed E-state index contributed by atoms with van der Waals surface area (Å²) in [6.45, 7) is 9.09. The van der Waals surface area contributed by atoms with Gasteiger partial charge >= 0.3 is 0 Å². The van der Waals surface area contributed by atoms with Gasteiger partial charge in [0.15, 0.2) is 0 Å². The maximum atomic E-state index is 5.88. The lowest BCUT2D eigenvalue weighted by Crippen LogP contribution is -2.25. The molecule has 0 aliphatic rings. The molecule has 1 rings (SSSR count). The van der Waals surface area contributed by atoms with Crippen molar-refractivity contribution in [1.82, 2.24) is 0 Å². The number of rotatable bonds is 6. The highest BCUT2D eigenvalue weighted by molar-refractivity contribution is 6.69. The zero-order valence-corrected chi connectivity index (χ0v) is 12.2. The number of hydrogen-bond acceptors (Lipinski definition) is 2. The predicted molar refractivity (Wildman–Crippen MR) is 74.3 cm³/mol. The number of benzene rings is 1. The minimum atomic E-state index is -1.59. The standard InChI is InChI=1S/C14H22O2Si/c1-5-15-14(16-17(2,3)4)12-11-13-9-7-6-8-10-13/h6-10,12H,5,11H2,1-4H3/b14-12+. The van der Waals surface area contributed by atoms with Crippen LogP contribution in [0.4, 0.5) is 0 Å². The Morgan fingerprint density at radius 1 is 1.18 bits per heavy atom. The monoisotopic (exact) mass is 250 g/mol. The molecule has 0 N–H and O–H groups in total. The van der Waals surface area contributed by atoms with Crippen LogP contribution in [0.2, 0.25) is 19.6 Å². The average Bonchev–Trinajstić information content (AvgIpc) is 2.26. The van der Waals surface area contributed by atoms with Crippen LogP contribution in [0.25, 0.3) is 0 Å². The van der Waals surface area contributed by atoms with Gasteiger partial charge in [0, 0.05) is 0 Å². The maximum absolute atomic E-state index is 5.88. The van der Waals surface area contributed by atoms with Crippen LogP contribution in [0, 0.1) is 0 Å². The van der Waals surface area contributed by atoms with Gasteiger partial charge in [0.1, 0.15) is 0 Å². The van der Waals surface area contributed by atoms with Crippen molar-refractivity contribution in [3.8, 4) is 0 Å². The highest BCUT2D eigenvalue weighted by atomic mass is 28.4. The molecule has 17 heavy (non-hydrogen) atoms. The molecule has 0 aliphatic heterocycles. The van der Waals surface area contributed by atoms with Crippen molar-refractivity contribution >= 4 is 8.32 Å². The first kappa shape index (κ1) is 13.8. The minimum absolute atomic E-state index is 0.644. The SMILES string of the molecule is CCO/C(=C\Cc1ccccc1)O[Si](C)(C)C. The van der Waals surface area contributed by atoms with Gasteiger partial charge in [-0.2, -0.15) is 0 Å². The molecular formula is C14H22O2Si. The Morgan fingerprint density at radius 2 is 1.82 bits per heavy atom. The molecule has 0 saturated heterocycles. The van der Waals surface area contributed by atoms with Crippen molar-refractivity contribution in [2.24, 2.45) is 0 Å². The van der Waals surface area contributed by atoms with Gasteiger partial charge in [-0.25, -0.2) is 0 Å². The van der Waals surface area contributed by atoms with Gasteiger partial charge in [-0.15, -0.1) is 0 Å². The number of ether oxygens (including phenoxy) is 1. The van der Waals surface area contributed by atoms with Crippen LogP contribution in [0.15, 0.2) is 42.4 Å². The van der Waals surface area contributed by atoms with Crippen LogP contribution in [0.3, 0.4) is 0 Å². The van der Waals surface area contributed by atoms with Crippen LogP contribution in [0.5, 0.6) is 0 Å². The minimum Gasteiger partial charge on any atom is -0.520 e. The lowest BCUT2D eigenvalue weighted by Gasteiger charge is -2.21. The summed E-state index contributed by atoms with van der Waals surface area (Å²) in [5.41, 5.74) is 1.27. The molecular weight excluding hydrogens is 228 g/mol. The van der Waals surface area contributed by atoms with Crippen molar-refractivity contribution in [3.05, 3.63) is 47.9 Å². The third kappa shape index (κ3) is 6.17. The first-order valence-electron chi connectivity index (χ1n) is 6.07. The maximum Gasteiger partial charge on any atom is 0.261 e. The summed E-state index contributed by atoms with van der Waals surface area (Å²) in [6.07, 6.45) is 2.87. The molecule has 0 unspecified atom stereocenters. The predicted octanol–water partition coefficient (Wildman–Crippen LogP) is 3.96. The Morgan fingerprint density at radius 3 is 2.35 bits per heavy atom. The van der Waals surface area contributed by atoms with E-state index in [9.17, 15) is 0 Å². The Bertz CT molecular complexity index is 352. The molecule has 1 aromatic carbocycles. The summed E-state index contributed by atoms with van der Waals surface area (Å²) in [6, 6.07) is 10.3. The van der Waals surface area contributed by atoms with E-state index in [1.165, 1.54) is 5.56 Å². The van der Waals surface area contributed by atoms with Gasteiger partial charge in [-0.3, -0.25) is 0 Å². The van der Waals surface area contributed by atoms with E-state index >= 15 is 0 Å². The Labute approximate surface area is 105 Å². The highest BCUT2D eigenvalue weighted by Crippen LogP contribution is 2.13. The van der Waals surface area contributed by atoms with Crippen LogP contribution in [-0.4, -0.2) is 14.9 Å². The highest BCUT2D eigenvalue weighted by Gasteiger charge is 2.18. The smallest absolute Gasteiger partial charge is 0.261 e. The van der Waals surface area contributed by atoms with Gasteiger partial charge in [0.2, 0.25) is 8.32 Å². The quantitative estimate of drug-likeness (QED) is 0.562. The van der Waals surface area contributed by atoms with E-state index < -0.39 is 8.32 Å². The van der Waals surface area contributed by atoms with Crippen LogP contribution in [0.1, 0.15) is 12.5 Å². The summed E-state index contributed by atoms with van der Waals surface area (Å²) >= 11 is 0. The average molecular weight is 250 g/mol. The summed E-state index contributed by atoms with van der Waals surface area (Å²) in [5.74, 6) is 0.676. The van der Waals surface area contributed by atoms with Crippen molar-refractivity contribution in [1.29, 1.82) is 0 Å². The summed E-state index contributed by atoms with van der Waals surface area (Å²) in [4.78, 5) is 0. The first-order chi connectivity index (χ1) is 8.01. The van der Waals surface area contributed by atoms with E-state index in [4.69, 9.17) is 9.16 Å². The van der Waals surface area contributed by atoms with Gasteiger partial charge in [0.05, 0.1) is 6.61 Å². The molecule has 2 nitrogen and oxygen atoms in total. The fourth-order valence-electron chi connectivity index (χ4n) is 1.39. The summed E-state index contributed by atoms with van der Waals surface area (Å²) in [7, 11) is -1.59. The Hall–Kier alpha value is -1.22. The van der Waals surface area contributed by atoms with Gasteiger partial charge in [-0.05, 0) is 44.6 Å². The fourth-order valence-corrected chi connectivity index (χ4v) is 2.14. The topological polar surface area (TPSA) is 18.5 Å². The zero-order chi connectivity index (χ0) is 12.7. The van der Waals surface area contributed by atoms with Crippen LogP contribution >= 0.6 is 0 Å².